The van der Waals surface area contributed by atoms with Crippen LogP contribution >= 0.6 is 0 Å². The maximum Gasteiger partial charge on any atom is 0.416 e. The lowest BCUT2D eigenvalue weighted by molar-refractivity contribution is -0.255. The number of halogens is 3. The third kappa shape index (κ3) is 3.03. The second-order valence-corrected chi connectivity index (χ2v) is 3.24. The van der Waals surface area contributed by atoms with Crippen molar-refractivity contribution in [2.45, 2.75) is 6.18 Å². The molecule has 0 unspecified atom stereocenters. The predicted molar refractivity (Wildman–Crippen MR) is 49.5 cm³/mol. The van der Waals surface area contributed by atoms with Gasteiger partial charge in [-0.3, -0.25) is 15.6 Å². The van der Waals surface area contributed by atoms with Crippen molar-refractivity contribution in [1.82, 2.24) is 0 Å². The SMILES string of the molecule is O=C([O-])c1c(N([O-])O)cc(C(F)(F)F)cc1N(O)O. The molecule has 3 N–H and O–H groups in total. The fourth-order valence-corrected chi connectivity index (χ4v) is 1.29. The molecule has 8 nitrogen and oxygen atoms in total. The van der Waals surface area contributed by atoms with E-state index in [1.807, 2.05) is 0 Å². The largest absolute Gasteiger partial charge is 0.733 e. The Labute approximate surface area is 102 Å². The summed E-state index contributed by atoms with van der Waals surface area (Å²) in [6, 6.07) is 0.0727. The van der Waals surface area contributed by atoms with Crippen LogP contribution in [0.5, 0.6) is 0 Å². The molecule has 0 saturated heterocycles. The molecule has 1 aromatic rings. The molecule has 0 aliphatic heterocycles. The van der Waals surface area contributed by atoms with Crippen LogP contribution in [0.1, 0.15) is 15.9 Å². The van der Waals surface area contributed by atoms with Crippen LogP contribution < -0.4 is 15.6 Å². The first-order valence-corrected chi connectivity index (χ1v) is 4.36. The highest BCUT2D eigenvalue weighted by molar-refractivity contribution is 5.99. The lowest BCUT2D eigenvalue weighted by Gasteiger charge is -2.28. The number of hydrogen-bond acceptors (Lipinski definition) is 8. The average Bonchev–Trinajstić information content (AvgIpc) is 2.25. The van der Waals surface area contributed by atoms with Gasteiger partial charge in [0, 0.05) is 0 Å². The van der Waals surface area contributed by atoms with Gasteiger partial charge in [0.15, 0.2) is 0 Å². The van der Waals surface area contributed by atoms with Crippen molar-refractivity contribution in [3.05, 3.63) is 28.5 Å². The van der Waals surface area contributed by atoms with Crippen molar-refractivity contribution < 1.29 is 38.7 Å². The minimum atomic E-state index is -5.01. The van der Waals surface area contributed by atoms with Gasteiger partial charge in [0.1, 0.15) is 5.69 Å². The Morgan fingerprint density at radius 2 is 1.63 bits per heavy atom. The molecule has 1 aromatic carbocycles. The van der Waals surface area contributed by atoms with E-state index < -0.39 is 45.1 Å². The molecule has 11 heteroatoms. The number of carboxylic acid groups (broad SMARTS) is 1. The molecule has 0 bridgehead atoms. The van der Waals surface area contributed by atoms with Gasteiger partial charge >= 0.3 is 6.18 Å². The second-order valence-electron chi connectivity index (χ2n) is 3.24. The van der Waals surface area contributed by atoms with Crippen molar-refractivity contribution in [2.24, 2.45) is 0 Å². The molecule has 0 spiro atoms. The van der Waals surface area contributed by atoms with Crippen LogP contribution in [0.3, 0.4) is 0 Å². The average molecular weight is 282 g/mol. The summed E-state index contributed by atoms with van der Waals surface area (Å²) in [7, 11) is 0. The summed E-state index contributed by atoms with van der Waals surface area (Å²) < 4.78 is 37.4. The first-order chi connectivity index (χ1) is 8.55. The van der Waals surface area contributed by atoms with Crippen LogP contribution in [-0.4, -0.2) is 21.6 Å². The number of carbonyl (C=O) groups is 1. The number of benzene rings is 1. The van der Waals surface area contributed by atoms with Gasteiger partial charge in [0.05, 0.1) is 22.8 Å². The van der Waals surface area contributed by atoms with E-state index in [9.17, 15) is 28.3 Å². The van der Waals surface area contributed by atoms with Gasteiger partial charge in [-0.25, -0.2) is 0 Å². The summed E-state index contributed by atoms with van der Waals surface area (Å²) >= 11 is 0. The van der Waals surface area contributed by atoms with E-state index in [0.717, 1.165) is 0 Å². The summed E-state index contributed by atoms with van der Waals surface area (Å²) in [5.74, 6) is -2.19. The minimum absolute atomic E-state index is 0.0190. The lowest BCUT2D eigenvalue weighted by atomic mass is 10.1. The zero-order chi connectivity index (χ0) is 15.0. The van der Waals surface area contributed by atoms with Crippen molar-refractivity contribution >= 4 is 17.3 Å². The molecule has 1 rings (SSSR count). The zero-order valence-electron chi connectivity index (χ0n) is 8.75. The first-order valence-electron chi connectivity index (χ1n) is 4.36. The van der Waals surface area contributed by atoms with Gasteiger partial charge in [-0.1, -0.05) is 0 Å². The highest BCUT2D eigenvalue weighted by Gasteiger charge is 2.33. The molecule has 0 amide bonds. The summed E-state index contributed by atoms with van der Waals surface area (Å²) in [5.41, 5.74) is -5.56. The Bertz CT molecular complexity index is 473. The van der Waals surface area contributed by atoms with Crippen LogP contribution in [0.15, 0.2) is 12.1 Å². The normalized spacial score (nSPS) is 11.3. The Morgan fingerprint density at radius 3 is 1.95 bits per heavy atom. The Morgan fingerprint density at radius 1 is 1.16 bits per heavy atom. The van der Waals surface area contributed by atoms with Crippen molar-refractivity contribution in [2.75, 3.05) is 10.5 Å². The number of rotatable bonds is 3. The molecule has 0 heterocycles. The van der Waals surface area contributed by atoms with Crippen LogP contribution in [0.4, 0.5) is 24.5 Å². The lowest BCUT2D eigenvalue weighted by Crippen LogP contribution is -2.29. The van der Waals surface area contributed by atoms with Crippen molar-refractivity contribution in [1.29, 1.82) is 0 Å². The number of anilines is 2. The topological polar surface area (TPSA) is 130 Å². The van der Waals surface area contributed by atoms with Gasteiger partial charge < -0.3 is 20.3 Å². The monoisotopic (exact) mass is 282 g/mol. The summed E-state index contributed by atoms with van der Waals surface area (Å²) in [5, 5.41) is 45.2. The number of aromatic carboxylic acids is 1. The molecule has 19 heavy (non-hydrogen) atoms. The van der Waals surface area contributed by atoms with E-state index in [-0.39, 0.29) is 12.1 Å². The van der Waals surface area contributed by atoms with Gasteiger partial charge in [0.2, 0.25) is 0 Å². The number of carbonyl (C=O) groups excluding carboxylic acids is 1. The van der Waals surface area contributed by atoms with Gasteiger partial charge in [-0.15, -0.1) is 5.23 Å². The first kappa shape index (κ1) is 15.0. The standard InChI is InChI=1S/C8H6F3N2O6/c9-8(10,11)3-1-4(12(16)17)6(7(14)15)5(2-3)13(18)19/h1-2,16-18H,(H,14,15)/q-1/p-1. The minimum Gasteiger partial charge on any atom is -0.733 e. The van der Waals surface area contributed by atoms with E-state index in [0.29, 0.717) is 0 Å². The smallest absolute Gasteiger partial charge is 0.416 e. The molecule has 0 saturated carbocycles. The number of hydrogen-bond donors (Lipinski definition) is 3. The summed E-state index contributed by atoms with van der Waals surface area (Å²) in [4.78, 5) is 10.7. The van der Waals surface area contributed by atoms with Crippen LogP contribution in [-0.2, 0) is 6.18 Å². The van der Waals surface area contributed by atoms with Gasteiger partial charge in [-0.2, -0.15) is 13.2 Å². The van der Waals surface area contributed by atoms with Crippen LogP contribution in [0, 0.1) is 5.21 Å². The Kier molecular flexibility index (Phi) is 3.86. The fourth-order valence-electron chi connectivity index (χ4n) is 1.29. The second kappa shape index (κ2) is 4.89. The predicted octanol–water partition coefficient (Wildman–Crippen LogP) is 0.347. The molecule has 0 fully saturated rings. The van der Waals surface area contributed by atoms with E-state index >= 15 is 0 Å². The maximum atomic E-state index is 12.5. The van der Waals surface area contributed by atoms with Gasteiger partial charge in [-0.05, 0) is 12.1 Å². The molecule has 0 atom stereocenters. The van der Waals surface area contributed by atoms with E-state index in [1.54, 1.807) is 0 Å². The summed E-state index contributed by atoms with van der Waals surface area (Å²) in [6.07, 6.45) is -5.01. The molecule has 106 valence electrons. The summed E-state index contributed by atoms with van der Waals surface area (Å²) in [6.45, 7) is 0. The van der Waals surface area contributed by atoms with E-state index in [2.05, 4.69) is 0 Å². The van der Waals surface area contributed by atoms with Crippen LogP contribution in [0.25, 0.3) is 0 Å². The van der Waals surface area contributed by atoms with E-state index in [4.69, 9.17) is 15.6 Å². The number of carboxylic acids is 1. The molecule has 0 radical (unpaired) electrons. The zero-order valence-corrected chi connectivity index (χ0v) is 8.75. The fraction of sp³-hybridized carbons (Fsp3) is 0.125. The van der Waals surface area contributed by atoms with Crippen molar-refractivity contribution in [3.8, 4) is 0 Å². The highest BCUT2D eigenvalue weighted by atomic mass is 19.4. The molecule has 0 aliphatic rings. The van der Waals surface area contributed by atoms with Crippen LogP contribution in [0.2, 0.25) is 0 Å². The molecular weight excluding hydrogens is 277 g/mol. The quantitative estimate of drug-likeness (QED) is 0.677. The Balaban J connectivity index is 3.68. The third-order valence-corrected chi connectivity index (χ3v) is 2.05. The molecular formula is C8H5F3N2O6-2. The van der Waals surface area contributed by atoms with Gasteiger partial charge in [0.25, 0.3) is 0 Å². The third-order valence-electron chi connectivity index (χ3n) is 2.05. The number of alkyl halides is 3. The maximum absolute atomic E-state index is 12.5. The Hall–Kier alpha value is -2.08. The molecule has 0 aromatic heterocycles. The highest BCUT2D eigenvalue weighted by Crippen LogP contribution is 2.37. The number of nitrogens with zero attached hydrogens (tertiary/aromatic N) is 2. The van der Waals surface area contributed by atoms with E-state index in [1.165, 1.54) is 0 Å². The molecule has 0 aliphatic carbocycles. The van der Waals surface area contributed by atoms with Crippen molar-refractivity contribution in [3.63, 3.8) is 0 Å².